The van der Waals surface area contributed by atoms with Gasteiger partial charge in [0.05, 0.1) is 18.0 Å². The van der Waals surface area contributed by atoms with E-state index in [1.165, 1.54) is 37.4 Å². The molecule has 10 heteroatoms. The summed E-state index contributed by atoms with van der Waals surface area (Å²) in [4.78, 5) is 12.3. The number of hydrogen-bond acceptors (Lipinski definition) is 4. The Morgan fingerprint density at radius 3 is 2.32 bits per heavy atom. The van der Waals surface area contributed by atoms with Crippen LogP contribution in [0.2, 0.25) is 15.1 Å². The largest absolute Gasteiger partial charge is 0.383 e. The van der Waals surface area contributed by atoms with Crippen LogP contribution in [0.4, 0.5) is 0 Å². The normalized spacial score (nSPS) is 11.6. The molecule has 2 aromatic rings. The lowest BCUT2D eigenvalue weighted by molar-refractivity contribution is -0.121. The topological polar surface area (TPSA) is 75.7 Å². The number of amides is 1. The Hall–Kier alpha value is -1.35. The highest BCUT2D eigenvalue weighted by Crippen LogP contribution is 2.25. The number of hydrogen-bond donors (Lipinski definition) is 1. The second-order valence-corrected chi connectivity index (χ2v) is 9.02. The molecule has 28 heavy (non-hydrogen) atoms. The summed E-state index contributed by atoms with van der Waals surface area (Å²) in [6, 6.07) is 10.5. The number of ether oxygens (including phenoxy) is 1. The fourth-order valence-corrected chi connectivity index (χ4v) is 4.30. The maximum atomic E-state index is 13.1. The van der Waals surface area contributed by atoms with E-state index in [0.29, 0.717) is 27.2 Å². The predicted molar refractivity (Wildman–Crippen MR) is 110 cm³/mol. The number of carbonyl (C=O) groups is 1. The molecule has 0 saturated heterocycles. The summed E-state index contributed by atoms with van der Waals surface area (Å²) in [7, 11) is -2.47. The highest BCUT2D eigenvalue weighted by molar-refractivity contribution is 7.89. The molecular formula is C18H19Cl3N2O4S. The van der Waals surface area contributed by atoms with Gasteiger partial charge in [-0.15, -0.1) is 0 Å². The summed E-state index contributed by atoms with van der Waals surface area (Å²) >= 11 is 17.9. The molecular weight excluding hydrogens is 447 g/mol. The lowest BCUT2D eigenvalue weighted by atomic mass is 10.2. The van der Waals surface area contributed by atoms with E-state index in [0.717, 1.165) is 4.31 Å². The number of methoxy groups -OCH3 is 1. The maximum absolute atomic E-state index is 13.1. The number of nitrogens with zero attached hydrogens (tertiary/aromatic N) is 1. The second kappa shape index (κ2) is 10.4. The van der Waals surface area contributed by atoms with Crippen molar-refractivity contribution in [3.05, 3.63) is 63.1 Å². The first-order valence-corrected chi connectivity index (χ1v) is 10.8. The van der Waals surface area contributed by atoms with Gasteiger partial charge in [0.25, 0.3) is 0 Å². The van der Waals surface area contributed by atoms with Crippen molar-refractivity contribution in [3.63, 3.8) is 0 Å². The van der Waals surface area contributed by atoms with Gasteiger partial charge < -0.3 is 10.1 Å². The first-order chi connectivity index (χ1) is 13.2. The van der Waals surface area contributed by atoms with Crippen LogP contribution in [0.5, 0.6) is 0 Å². The SMILES string of the molecule is COCCNC(=O)CN(Cc1ccc(Cl)cc1Cl)S(=O)(=O)c1ccc(Cl)cc1. The van der Waals surface area contributed by atoms with E-state index < -0.39 is 15.9 Å². The molecule has 0 aromatic heterocycles. The fourth-order valence-electron chi connectivity index (χ4n) is 2.33. The van der Waals surface area contributed by atoms with E-state index in [-0.39, 0.29) is 24.5 Å². The van der Waals surface area contributed by atoms with Gasteiger partial charge >= 0.3 is 0 Å². The lowest BCUT2D eigenvalue weighted by Gasteiger charge is -2.22. The number of nitrogens with one attached hydrogen (secondary N) is 1. The Bertz CT molecular complexity index is 921. The zero-order chi connectivity index (χ0) is 20.7. The molecule has 0 aliphatic carbocycles. The van der Waals surface area contributed by atoms with Gasteiger partial charge in [-0.2, -0.15) is 4.31 Å². The zero-order valence-corrected chi connectivity index (χ0v) is 18.1. The van der Waals surface area contributed by atoms with Crippen molar-refractivity contribution in [2.24, 2.45) is 0 Å². The van der Waals surface area contributed by atoms with E-state index in [1.807, 2.05) is 0 Å². The molecule has 0 atom stereocenters. The van der Waals surface area contributed by atoms with Crippen molar-refractivity contribution >= 4 is 50.7 Å². The van der Waals surface area contributed by atoms with Gasteiger partial charge in [0.15, 0.2) is 0 Å². The van der Waals surface area contributed by atoms with Gasteiger partial charge in [-0.1, -0.05) is 40.9 Å². The van der Waals surface area contributed by atoms with Crippen LogP contribution in [0, 0.1) is 0 Å². The van der Waals surface area contributed by atoms with Crippen LogP contribution in [0.1, 0.15) is 5.56 Å². The number of sulfonamides is 1. The summed E-state index contributed by atoms with van der Waals surface area (Å²) < 4.78 is 32.1. The standard InChI is InChI=1S/C18H19Cl3N2O4S/c1-27-9-8-22-18(24)12-23(11-13-2-3-15(20)10-17(13)21)28(25,26)16-6-4-14(19)5-7-16/h2-7,10H,8-9,11-12H2,1H3,(H,22,24). The highest BCUT2D eigenvalue weighted by atomic mass is 35.5. The van der Waals surface area contributed by atoms with Gasteiger partial charge in [0, 0.05) is 35.3 Å². The third kappa shape index (κ3) is 6.34. The van der Waals surface area contributed by atoms with Gasteiger partial charge in [-0.05, 0) is 42.0 Å². The van der Waals surface area contributed by atoms with Gasteiger partial charge in [0.1, 0.15) is 0 Å². The Morgan fingerprint density at radius 1 is 1.07 bits per heavy atom. The van der Waals surface area contributed by atoms with E-state index in [4.69, 9.17) is 39.5 Å². The van der Waals surface area contributed by atoms with Gasteiger partial charge in [-0.3, -0.25) is 4.79 Å². The molecule has 0 radical (unpaired) electrons. The number of halogens is 3. The molecule has 0 fully saturated rings. The minimum absolute atomic E-state index is 0.0201. The molecule has 0 heterocycles. The van der Waals surface area contributed by atoms with E-state index >= 15 is 0 Å². The highest BCUT2D eigenvalue weighted by Gasteiger charge is 2.27. The van der Waals surface area contributed by atoms with E-state index in [9.17, 15) is 13.2 Å². The van der Waals surface area contributed by atoms with Crippen LogP contribution in [0.15, 0.2) is 47.4 Å². The molecule has 1 N–H and O–H groups in total. The van der Waals surface area contributed by atoms with Crippen molar-refractivity contribution in [1.29, 1.82) is 0 Å². The molecule has 2 rings (SSSR count). The van der Waals surface area contributed by atoms with E-state index in [1.54, 1.807) is 12.1 Å². The summed E-state index contributed by atoms with van der Waals surface area (Å²) in [5.74, 6) is -0.459. The second-order valence-electron chi connectivity index (χ2n) is 5.81. The molecule has 6 nitrogen and oxygen atoms in total. The molecule has 0 bridgehead atoms. The summed E-state index contributed by atoms with van der Waals surface area (Å²) in [5, 5.41) is 3.75. The molecule has 152 valence electrons. The molecule has 0 spiro atoms. The monoisotopic (exact) mass is 464 g/mol. The third-order valence-electron chi connectivity index (χ3n) is 3.76. The third-order valence-corrected chi connectivity index (χ3v) is 6.41. The fraction of sp³-hybridized carbons (Fsp3) is 0.278. The van der Waals surface area contributed by atoms with Crippen LogP contribution in [-0.2, 0) is 26.1 Å². The summed E-state index contributed by atoms with van der Waals surface area (Å²) in [6.07, 6.45) is 0. The minimum Gasteiger partial charge on any atom is -0.383 e. The Balaban J connectivity index is 2.31. The first kappa shape index (κ1) is 22.9. The van der Waals surface area contributed by atoms with Crippen molar-refractivity contribution in [1.82, 2.24) is 9.62 Å². The summed E-state index contributed by atoms with van der Waals surface area (Å²) in [6.45, 7) is 0.108. The van der Waals surface area contributed by atoms with Crippen LogP contribution in [0.3, 0.4) is 0 Å². The Morgan fingerprint density at radius 2 is 1.71 bits per heavy atom. The molecule has 0 aliphatic rings. The van der Waals surface area contributed by atoms with Gasteiger partial charge in [0.2, 0.25) is 15.9 Å². The number of rotatable bonds is 9. The Labute approximate surface area is 179 Å². The first-order valence-electron chi connectivity index (χ1n) is 8.19. The van der Waals surface area contributed by atoms with Crippen LogP contribution in [-0.4, -0.2) is 45.4 Å². The molecule has 0 aliphatic heterocycles. The van der Waals surface area contributed by atoms with Crippen molar-refractivity contribution in [2.75, 3.05) is 26.8 Å². The number of carbonyl (C=O) groups excluding carboxylic acids is 1. The summed E-state index contributed by atoms with van der Waals surface area (Å²) in [5.41, 5.74) is 0.522. The molecule has 2 aromatic carbocycles. The Kier molecular flexibility index (Phi) is 8.55. The van der Waals surface area contributed by atoms with Crippen LogP contribution < -0.4 is 5.32 Å². The molecule has 1 amide bonds. The van der Waals surface area contributed by atoms with Crippen LogP contribution in [0.25, 0.3) is 0 Å². The average Bonchev–Trinajstić information content (AvgIpc) is 2.63. The van der Waals surface area contributed by atoms with Crippen molar-refractivity contribution < 1.29 is 17.9 Å². The van der Waals surface area contributed by atoms with Crippen LogP contribution >= 0.6 is 34.8 Å². The zero-order valence-electron chi connectivity index (χ0n) is 15.0. The van der Waals surface area contributed by atoms with E-state index in [2.05, 4.69) is 5.32 Å². The quantitative estimate of drug-likeness (QED) is 0.574. The lowest BCUT2D eigenvalue weighted by Crippen LogP contribution is -2.41. The maximum Gasteiger partial charge on any atom is 0.243 e. The smallest absolute Gasteiger partial charge is 0.243 e. The van der Waals surface area contributed by atoms with Crippen molar-refractivity contribution in [3.8, 4) is 0 Å². The average molecular weight is 466 g/mol. The van der Waals surface area contributed by atoms with Gasteiger partial charge in [-0.25, -0.2) is 8.42 Å². The van der Waals surface area contributed by atoms with Crippen molar-refractivity contribution in [2.45, 2.75) is 11.4 Å². The number of benzene rings is 2. The predicted octanol–water partition coefficient (Wildman–Crippen LogP) is 3.60. The minimum atomic E-state index is -3.98. The molecule has 0 unspecified atom stereocenters. The molecule has 0 saturated carbocycles.